The topological polar surface area (TPSA) is 112 Å². The number of pyridine rings is 1. The van der Waals surface area contributed by atoms with Crippen molar-refractivity contribution in [2.24, 2.45) is 5.92 Å². The molecule has 2 aliphatic rings. The summed E-state index contributed by atoms with van der Waals surface area (Å²) in [6, 6.07) is 3.49. The van der Waals surface area contributed by atoms with Gasteiger partial charge in [-0.15, -0.1) is 0 Å². The average Bonchev–Trinajstić information content (AvgIpc) is 2.83. The summed E-state index contributed by atoms with van der Waals surface area (Å²) in [4.78, 5) is 37.3. The summed E-state index contributed by atoms with van der Waals surface area (Å²) >= 11 is 0. The Morgan fingerprint density at radius 2 is 1.91 bits per heavy atom. The molecule has 4 rings (SSSR count). The minimum atomic E-state index is -0.816. The molecule has 1 amide bonds. The number of carbonyl (C=O) groups excluding carboxylic acids is 2. The lowest BCUT2D eigenvalue weighted by Crippen LogP contribution is -2.51. The van der Waals surface area contributed by atoms with E-state index in [-0.39, 0.29) is 29.8 Å². The number of carbonyl (C=O) groups is 2. The van der Waals surface area contributed by atoms with Gasteiger partial charge in [-0.05, 0) is 26.0 Å². The summed E-state index contributed by atoms with van der Waals surface area (Å²) in [5.74, 6) is -2.08. The lowest BCUT2D eigenvalue weighted by molar-refractivity contribution is 0.0359. The summed E-state index contributed by atoms with van der Waals surface area (Å²) in [6.45, 7) is 1.29. The van der Waals surface area contributed by atoms with Crippen molar-refractivity contribution in [2.75, 3.05) is 20.2 Å². The van der Waals surface area contributed by atoms with Crippen LogP contribution in [0.4, 0.5) is 8.78 Å². The van der Waals surface area contributed by atoms with E-state index in [1.165, 1.54) is 22.9 Å². The molecule has 1 aliphatic heterocycles. The molecule has 184 valence electrons. The van der Waals surface area contributed by atoms with Gasteiger partial charge in [-0.1, -0.05) is 18.9 Å². The Morgan fingerprint density at radius 1 is 1.18 bits per heavy atom. The van der Waals surface area contributed by atoms with Crippen LogP contribution in [0.3, 0.4) is 0 Å². The number of aromatic hydroxyl groups is 1. The van der Waals surface area contributed by atoms with E-state index in [2.05, 4.69) is 5.32 Å². The molecule has 0 radical (unpaired) electrons. The summed E-state index contributed by atoms with van der Waals surface area (Å²) in [6.07, 6.45) is 5.42. The Balaban J connectivity index is 0.000000248. The standard InChI is InChI=1S/C16H20N2O5.C8H9F2N/c19-8-10-3-1-2-4-12(10)18-6-5-17-7-11(9-20)14(21)15(22)13(17)16(18)23;1-11-5-6-2-3-7(9)4-8(6)10/h7,9-10,12,19,22H,1-6,8H2;2-4,11H,5H2,1H3. The number of aliphatic hydroxyl groups is 1. The molecule has 0 saturated heterocycles. The van der Waals surface area contributed by atoms with Crippen molar-refractivity contribution < 1.29 is 28.6 Å². The van der Waals surface area contributed by atoms with Gasteiger partial charge in [-0.2, -0.15) is 0 Å². The summed E-state index contributed by atoms with van der Waals surface area (Å²) < 4.78 is 26.6. The lowest BCUT2D eigenvalue weighted by atomic mass is 9.83. The quantitative estimate of drug-likeness (QED) is 0.569. The number of hydrogen-bond donors (Lipinski definition) is 3. The number of aromatic nitrogens is 1. The third-order valence-electron chi connectivity index (χ3n) is 6.34. The maximum absolute atomic E-state index is 12.8. The minimum Gasteiger partial charge on any atom is -0.503 e. The van der Waals surface area contributed by atoms with Crippen LogP contribution in [0.15, 0.2) is 29.2 Å². The number of hydrogen-bond acceptors (Lipinski definition) is 6. The SMILES string of the molecule is CNCc1ccc(F)cc1F.O=Cc1cn2c(c(O)c1=O)C(=O)N(C1CCCCC1CO)CC2. The fourth-order valence-electron chi connectivity index (χ4n) is 4.59. The molecule has 2 unspecified atom stereocenters. The number of rotatable bonds is 5. The molecule has 0 bridgehead atoms. The third kappa shape index (κ3) is 5.34. The molecule has 1 aromatic carbocycles. The van der Waals surface area contributed by atoms with Gasteiger partial charge in [0, 0.05) is 56.0 Å². The first-order chi connectivity index (χ1) is 16.3. The molecule has 1 aromatic heterocycles. The zero-order valence-electron chi connectivity index (χ0n) is 19.0. The van der Waals surface area contributed by atoms with E-state index in [1.54, 1.807) is 11.9 Å². The van der Waals surface area contributed by atoms with Crippen molar-refractivity contribution >= 4 is 12.2 Å². The van der Waals surface area contributed by atoms with E-state index < -0.39 is 28.7 Å². The first-order valence-corrected chi connectivity index (χ1v) is 11.2. The highest BCUT2D eigenvalue weighted by atomic mass is 19.1. The lowest BCUT2D eigenvalue weighted by Gasteiger charge is -2.42. The largest absolute Gasteiger partial charge is 0.503 e. The smallest absolute Gasteiger partial charge is 0.274 e. The second-order valence-electron chi connectivity index (χ2n) is 8.48. The minimum absolute atomic E-state index is 0.0251. The first-order valence-electron chi connectivity index (χ1n) is 11.2. The molecular weight excluding hydrogens is 448 g/mol. The number of nitrogens with zero attached hydrogens (tertiary/aromatic N) is 2. The fourth-order valence-corrected chi connectivity index (χ4v) is 4.59. The van der Waals surface area contributed by atoms with Crippen LogP contribution in [-0.4, -0.2) is 58.1 Å². The monoisotopic (exact) mass is 477 g/mol. The first kappa shape index (κ1) is 25.5. The second kappa shape index (κ2) is 11.3. The predicted octanol–water partition coefficient (Wildman–Crippen LogP) is 2.06. The van der Waals surface area contributed by atoms with E-state index in [1.807, 2.05) is 0 Å². The Hall–Kier alpha value is -3.11. The van der Waals surface area contributed by atoms with Crippen LogP contribution in [0.25, 0.3) is 0 Å². The van der Waals surface area contributed by atoms with Crippen LogP contribution in [0, 0.1) is 17.6 Å². The molecule has 2 atom stereocenters. The second-order valence-corrected chi connectivity index (χ2v) is 8.48. The van der Waals surface area contributed by atoms with Gasteiger partial charge < -0.3 is 25.0 Å². The van der Waals surface area contributed by atoms with Crippen LogP contribution < -0.4 is 10.7 Å². The van der Waals surface area contributed by atoms with Gasteiger partial charge in [0.05, 0.1) is 5.56 Å². The van der Waals surface area contributed by atoms with Gasteiger partial charge in [0.25, 0.3) is 5.91 Å². The highest BCUT2D eigenvalue weighted by Crippen LogP contribution is 2.31. The van der Waals surface area contributed by atoms with Crippen molar-refractivity contribution in [3.63, 3.8) is 0 Å². The predicted molar refractivity (Wildman–Crippen MR) is 121 cm³/mol. The zero-order chi connectivity index (χ0) is 24.8. The van der Waals surface area contributed by atoms with Gasteiger partial charge in [0.1, 0.15) is 11.6 Å². The van der Waals surface area contributed by atoms with Crippen LogP contribution in [0.1, 0.15) is 52.1 Å². The van der Waals surface area contributed by atoms with Gasteiger partial charge >= 0.3 is 0 Å². The Bertz CT molecular complexity index is 1100. The summed E-state index contributed by atoms with van der Waals surface area (Å²) in [7, 11) is 1.71. The van der Waals surface area contributed by atoms with Crippen molar-refractivity contribution in [2.45, 2.75) is 44.8 Å². The Morgan fingerprint density at radius 3 is 2.56 bits per heavy atom. The van der Waals surface area contributed by atoms with Gasteiger partial charge in [-0.3, -0.25) is 14.4 Å². The van der Waals surface area contributed by atoms with Crippen molar-refractivity contribution in [1.82, 2.24) is 14.8 Å². The number of fused-ring (bicyclic) bond motifs is 1. The van der Waals surface area contributed by atoms with Crippen LogP contribution >= 0.6 is 0 Å². The van der Waals surface area contributed by atoms with Gasteiger partial charge in [-0.25, -0.2) is 8.78 Å². The molecule has 10 heteroatoms. The van der Waals surface area contributed by atoms with Gasteiger partial charge in [0.2, 0.25) is 5.43 Å². The number of amides is 1. The fraction of sp³-hybridized carbons (Fsp3) is 0.458. The Labute approximate surface area is 195 Å². The van der Waals surface area contributed by atoms with E-state index >= 15 is 0 Å². The van der Waals surface area contributed by atoms with Crippen LogP contribution in [0.2, 0.25) is 0 Å². The molecule has 1 saturated carbocycles. The molecule has 2 heterocycles. The number of halogens is 2. The van der Waals surface area contributed by atoms with Crippen molar-refractivity contribution in [3.05, 3.63) is 63.1 Å². The number of nitrogens with one attached hydrogen (secondary N) is 1. The van der Waals surface area contributed by atoms with E-state index in [0.29, 0.717) is 31.5 Å². The highest BCUT2D eigenvalue weighted by Gasteiger charge is 2.37. The molecule has 8 nitrogen and oxygen atoms in total. The molecule has 34 heavy (non-hydrogen) atoms. The molecule has 1 aliphatic carbocycles. The molecule has 1 fully saturated rings. The highest BCUT2D eigenvalue weighted by molar-refractivity contribution is 5.96. The molecule has 2 aromatic rings. The normalized spacial score (nSPS) is 19.8. The maximum atomic E-state index is 12.8. The summed E-state index contributed by atoms with van der Waals surface area (Å²) in [5.41, 5.74) is -0.551. The van der Waals surface area contributed by atoms with Crippen molar-refractivity contribution in [3.8, 4) is 5.75 Å². The number of aliphatic hydroxyl groups excluding tert-OH is 1. The van der Waals surface area contributed by atoms with Crippen LogP contribution in [-0.2, 0) is 13.1 Å². The maximum Gasteiger partial charge on any atom is 0.274 e. The third-order valence-corrected chi connectivity index (χ3v) is 6.34. The van der Waals surface area contributed by atoms with Crippen molar-refractivity contribution in [1.29, 1.82) is 0 Å². The number of aldehydes is 1. The molecule has 3 N–H and O–H groups in total. The van der Waals surface area contributed by atoms with E-state index in [4.69, 9.17) is 0 Å². The number of benzene rings is 1. The summed E-state index contributed by atoms with van der Waals surface area (Å²) in [5, 5.41) is 22.4. The average molecular weight is 478 g/mol. The van der Waals surface area contributed by atoms with E-state index in [9.17, 15) is 33.4 Å². The Kier molecular flexibility index (Phi) is 8.51. The molecule has 0 spiro atoms. The van der Waals surface area contributed by atoms with E-state index in [0.717, 1.165) is 31.7 Å². The molecular formula is C24H29F2N3O5. The van der Waals surface area contributed by atoms with Crippen LogP contribution in [0.5, 0.6) is 5.75 Å². The zero-order valence-corrected chi connectivity index (χ0v) is 19.0. The van der Waals surface area contributed by atoms with Gasteiger partial charge in [0.15, 0.2) is 17.7 Å².